The van der Waals surface area contributed by atoms with Gasteiger partial charge >= 0.3 is 11.9 Å². The van der Waals surface area contributed by atoms with Crippen molar-refractivity contribution < 1.29 is 56.8 Å². The topological polar surface area (TPSA) is 186 Å². The Morgan fingerprint density at radius 1 is 0.508 bits per heavy atom. The zero-order chi connectivity index (χ0) is 43.4. The van der Waals surface area contributed by atoms with Crippen molar-refractivity contribution in [3.05, 3.63) is 0 Å². The first kappa shape index (κ1) is 55.7. The molecule has 2 unspecified atom stereocenters. The molecule has 0 aromatic rings. The van der Waals surface area contributed by atoms with Gasteiger partial charge in [0.05, 0.1) is 6.61 Å². The van der Waals surface area contributed by atoms with Crippen LogP contribution >= 0.6 is 0 Å². The minimum Gasteiger partial charge on any atom is -0.462 e. The summed E-state index contributed by atoms with van der Waals surface area (Å²) < 4.78 is 54.1. The summed E-state index contributed by atoms with van der Waals surface area (Å²) in [7, 11) is -4.60. The lowest BCUT2D eigenvalue weighted by Gasteiger charge is -2.40. The molecule has 0 radical (unpaired) electrons. The summed E-state index contributed by atoms with van der Waals surface area (Å²) in [5.74, 6) is -1.96. The normalized spacial score (nSPS) is 20.1. The van der Waals surface area contributed by atoms with E-state index in [0.717, 1.165) is 38.5 Å². The van der Waals surface area contributed by atoms with Crippen LogP contribution in [0.3, 0.4) is 0 Å². The van der Waals surface area contributed by atoms with Crippen molar-refractivity contribution in [2.75, 3.05) is 19.0 Å². The number of carbonyl (C=O) groups excluding carboxylic acids is 2. The smallest absolute Gasteiger partial charge is 0.306 e. The lowest BCUT2D eigenvalue weighted by molar-refractivity contribution is -0.297. The highest BCUT2D eigenvalue weighted by molar-refractivity contribution is 7.85. The fraction of sp³-hybridized carbons (Fsp3) is 0.957. The molecule has 59 heavy (non-hydrogen) atoms. The Hall–Kier alpha value is -1.35. The number of hydrogen-bond acceptors (Lipinski definition) is 11. The first-order valence-electron chi connectivity index (χ1n) is 24.1. The fourth-order valence-electron chi connectivity index (χ4n) is 7.68. The lowest BCUT2D eigenvalue weighted by atomic mass is 10.00. The average molecular weight is 865 g/mol. The summed E-state index contributed by atoms with van der Waals surface area (Å²) in [4.78, 5) is 25.4. The maximum atomic E-state index is 12.8. The molecule has 0 bridgehead atoms. The van der Waals surface area contributed by atoms with E-state index in [9.17, 15) is 37.9 Å². The molecular formula is C46H88O12S. The third kappa shape index (κ3) is 32.1. The van der Waals surface area contributed by atoms with E-state index in [4.69, 9.17) is 18.9 Å². The highest BCUT2D eigenvalue weighted by atomic mass is 32.2. The summed E-state index contributed by atoms with van der Waals surface area (Å²) in [6, 6.07) is 0. The lowest BCUT2D eigenvalue weighted by Crippen LogP contribution is -2.60. The van der Waals surface area contributed by atoms with Gasteiger partial charge in [-0.1, -0.05) is 200 Å². The second-order valence-electron chi connectivity index (χ2n) is 17.1. The molecule has 1 fully saturated rings. The third-order valence-electron chi connectivity index (χ3n) is 11.4. The van der Waals surface area contributed by atoms with Crippen molar-refractivity contribution in [3.8, 4) is 0 Å². The second-order valence-corrected chi connectivity index (χ2v) is 18.6. The predicted molar refractivity (Wildman–Crippen MR) is 234 cm³/mol. The predicted octanol–water partition coefficient (Wildman–Crippen LogP) is 10.1. The Balaban J connectivity index is 2.38. The Bertz CT molecular complexity index is 1110. The molecule has 12 nitrogen and oxygen atoms in total. The van der Waals surface area contributed by atoms with E-state index in [0.29, 0.717) is 12.8 Å². The number of carbonyl (C=O) groups is 2. The average Bonchev–Trinajstić information content (AvgIpc) is 3.20. The van der Waals surface area contributed by atoms with Crippen molar-refractivity contribution in [2.24, 2.45) is 0 Å². The summed E-state index contributed by atoms with van der Waals surface area (Å²) in [5.41, 5.74) is 0. The molecule has 6 atom stereocenters. The van der Waals surface area contributed by atoms with E-state index in [2.05, 4.69) is 13.8 Å². The van der Waals surface area contributed by atoms with E-state index >= 15 is 0 Å². The molecule has 0 aromatic heterocycles. The second kappa shape index (κ2) is 37.2. The molecule has 1 saturated heterocycles. The molecule has 0 amide bonds. The van der Waals surface area contributed by atoms with Gasteiger partial charge in [0.25, 0.3) is 10.1 Å². The fourth-order valence-corrected chi connectivity index (χ4v) is 8.37. The maximum Gasteiger partial charge on any atom is 0.306 e. The first-order valence-corrected chi connectivity index (χ1v) is 25.7. The van der Waals surface area contributed by atoms with Crippen LogP contribution in [0, 0.1) is 0 Å². The zero-order valence-electron chi connectivity index (χ0n) is 37.4. The van der Waals surface area contributed by atoms with Gasteiger partial charge in [0, 0.05) is 12.8 Å². The number of aliphatic hydroxyl groups is 3. The number of aliphatic hydroxyl groups excluding tert-OH is 3. The molecule has 1 heterocycles. The van der Waals surface area contributed by atoms with Crippen molar-refractivity contribution in [2.45, 2.75) is 263 Å². The van der Waals surface area contributed by atoms with Crippen LogP contribution in [0.1, 0.15) is 226 Å². The van der Waals surface area contributed by atoms with E-state index in [1.807, 2.05) is 0 Å². The number of hydrogen-bond donors (Lipinski definition) is 4. The Morgan fingerprint density at radius 3 is 1.24 bits per heavy atom. The van der Waals surface area contributed by atoms with E-state index in [1.54, 1.807) is 0 Å². The molecule has 350 valence electrons. The van der Waals surface area contributed by atoms with Crippen LogP contribution in [0.4, 0.5) is 0 Å². The van der Waals surface area contributed by atoms with Crippen molar-refractivity contribution in [1.29, 1.82) is 0 Å². The summed E-state index contributed by atoms with van der Waals surface area (Å²) >= 11 is 0. The van der Waals surface area contributed by atoms with Gasteiger partial charge in [0.2, 0.25) is 0 Å². The van der Waals surface area contributed by atoms with Gasteiger partial charge in [0.1, 0.15) is 36.8 Å². The van der Waals surface area contributed by atoms with Crippen LogP contribution in [0.15, 0.2) is 0 Å². The van der Waals surface area contributed by atoms with E-state index in [-0.39, 0.29) is 19.4 Å². The van der Waals surface area contributed by atoms with Crippen LogP contribution in [0.2, 0.25) is 0 Å². The van der Waals surface area contributed by atoms with Gasteiger partial charge in [-0.15, -0.1) is 0 Å². The number of ether oxygens (including phenoxy) is 4. The van der Waals surface area contributed by atoms with Crippen molar-refractivity contribution in [1.82, 2.24) is 0 Å². The third-order valence-corrected chi connectivity index (χ3v) is 12.2. The summed E-state index contributed by atoms with van der Waals surface area (Å²) in [5, 5.41) is 30.9. The molecule has 1 aliphatic rings. The molecule has 13 heteroatoms. The minimum absolute atomic E-state index is 0.173. The van der Waals surface area contributed by atoms with Gasteiger partial charge < -0.3 is 34.3 Å². The molecule has 0 saturated carbocycles. The quantitative estimate of drug-likeness (QED) is 0.0259. The van der Waals surface area contributed by atoms with Gasteiger partial charge in [-0.2, -0.15) is 8.42 Å². The number of rotatable bonds is 41. The Kier molecular flexibility index (Phi) is 35.1. The van der Waals surface area contributed by atoms with Gasteiger partial charge in [-0.05, 0) is 12.8 Å². The van der Waals surface area contributed by atoms with E-state index in [1.165, 1.54) is 148 Å². The zero-order valence-corrected chi connectivity index (χ0v) is 38.2. The van der Waals surface area contributed by atoms with Crippen molar-refractivity contribution in [3.63, 3.8) is 0 Å². The molecule has 0 aromatic carbocycles. The first-order chi connectivity index (χ1) is 28.5. The van der Waals surface area contributed by atoms with Crippen LogP contribution < -0.4 is 0 Å². The minimum atomic E-state index is -4.60. The molecular weight excluding hydrogens is 777 g/mol. The molecule has 0 aliphatic carbocycles. The number of esters is 2. The largest absolute Gasteiger partial charge is 0.462 e. The molecule has 0 spiro atoms. The van der Waals surface area contributed by atoms with Crippen LogP contribution in [-0.4, -0.2) is 96.0 Å². The van der Waals surface area contributed by atoms with Gasteiger partial charge in [0.15, 0.2) is 12.4 Å². The Morgan fingerprint density at radius 2 is 0.864 bits per heavy atom. The standard InChI is InChI=1S/C46H88O12S/c1-3-5-7-9-11-13-15-17-18-19-20-21-22-23-25-27-29-31-33-35-42(48)57-39(37-56-46-45(51)44(50)43(49)40(58-46)38-59(52,53)54)36-55-41(47)34-32-30-28-26-24-16-14-12-10-8-6-4-2/h39-40,43-46,49-51H,3-38H2,1-2H3,(H,52,53,54)/t39-,40-,43-,44?,45?,46+/m1/s1. The van der Waals surface area contributed by atoms with E-state index < -0.39 is 71.2 Å². The summed E-state index contributed by atoms with van der Waals surface area (Å²) in [6.07, 6.45) is 28.6. The molecule has 4 N–H and O–H groups in total. The van der Waals surface area contributed by atoms with Crippen LogP contribution in [0.5, 0.6) is 0 Å². The monoisotopic (exact) mass is 865 g/mol. The Labute approximate surface area is 359 Å². The van der Waals surface area contributed by atoms with Crippen molar-refractivity contribution >= 4 is 22.1 Å². The van der Waals surface area contributed by atoms with Gasteiger partial charge in [-0.25, -0.2) is 0 Å². The summed E-state index contributed by atoms with van der Waals surface area (Å²) in [6.45, 7) is 3.79. The van der Waals surface area contributed by atoms with Gasteiger partial charge in [-0.3, -0.25) is 14.1 Å². The highest BCUT2D eigenvalue weighted by Gasteiger charge is 2.46. The molecule has 1 aliphatic heterocycles. The number of unbranched alkanes of at least 4 members (excludes halogenated alkanes) is 29. The van der Waals surface area contributed by atoms with Crippen LogP contribution in [0.25, 0.3) is 0 Å². The maximum absolute atomic E-state index is 12.8. The SMILES string of the molecule is CCCCCCCCCCCCCCCCCCCCCC(=O)O[C@H](COC(=O)CCCCCCCCCCCCCC)CO[C@H]1O[C@H](CS(=O)(=O)O)[C@@H](O)C(O)C1O. The highest BCUT2D eigenvalue weighted by Crippen LogP contribution is 2.24. The van der Waals surface area contributed by atoms with Crippen LogP contribution in [-0.2, 0) is 38.7 Å². The molecule has 1 rings (SSSR count).